The molecule has 2 saturated carbocycles. The SMILES string of the molecule is Cc1ccc(-c2nc3n(n2)C2(CCCCC2)[C@@H]2CCCC[C@@H]2N3C(=O)c2ccco2)cc1. The summed E-state index contributed by atoms with van der Waals surface area (Å²) in [6.07, 6.45) is 12.1. The van der Waals surface area contributed by atoms with Crippen LogP contribution in [-0.4, -0.2) is 26.7 Å². The third-order valence-electron chi connectivity index (χ3n) is 7.96. The second kappa shape index (κ2) is 7.61. The van der Waals surface area contributed by atoms with Crippen LogP contribution in [0.3, 0.4) is 0 Å². The molecule has 2 aliphatic carbocycles. The number of hydrogen-bond acceptors (Lipinski definition) is 4. The van der Waals surface area contributed by atoms with Gasteiger partial charge in [-0.2, -0.15) is 4.98 Å². The van der Waals surface area contributed by atoms with Crippen LogP contribution in [0.25, 0.3) is 11.4 Å². The number of carbonyl (C=O) groups is 1. The number of aryl methyl sites for hydroxylation is 1. The van der Waals surface area contributed by atoms with E-state index in [1.54, 1.807) is 18.4 Å². The van der Waals surface area contributed by atoms with E-state index in [2.05, 4.69) is 35.9 Å². The number of fused-ring (bicyclic) bond motifs is 4. The lowest BCUT2D eigenvalue weighted by Crippen LogP contribution is -2.61. The molecule has 1 amide bonds. The molecule has 2 fully saturated rings. The predicted octanol–water partition coefficient (Wildman–Crippen LogP) is 5.73. The zero-order valence-corrected chi connectivity index (χ0v) is 18.7. The van der Waals surface area contributed by atoms with Gasteiger partial charge in [-0.25, -0.2) is 4.68 Å². The number of hydrogen-bond donors (Lipinski definition) is 0. The van der Waals surface area contributed by atoms with Crippen LogP contribution >= 0.6 is 0 Å². The lowest BCUT2D eigenvalue weighted by atomic mass is 9.64. The average molecular weight is 431 g/mol. The molecule has 3 aliphatic rings. The van der Waals surface area contributed by atoms with E-state index >= 15 is 0 Å². The number of nitrogens with zero attached hydrogens (tertiary/aromatic N) is 4. The largest absolute Gasteiger partial charge is 0.459 e. The smallest absolute Gasteiger partial charge is 0.296 e. The highest BCUT2D eigenvalue weighted by Crippen LogP contribution is 2.53. The van der Waals surface area contributed by atoms with Gasteiger partial charge in [-0.1, -0.05) is 61.9 Å². The molecule has 166 valence electrons. The van der Waals surface area contributed by atoms with Crippen molar-refractivity contribution in [2.75, 3.05) is 4.90 Å². The van der Waals surface area contributed by atoms with Gasteiger partial charge in [0.25, 0.3) is 5.91 Å². The van der Waals surface area contributed by atoms with Gasteiger partial charge in [0.2, 0.25) is 5.95 Å². The molecule has 6 nitrogen and oxygen atoms in total. The summed E-state index contributed by atoms with van der Waals surface area (Å²) in [5, 5.41) is 5.11. The highest BCUT2D eigenvalue weighted by molar-refractivity contribution is 6.04. The fourth-order valence-electron chi connectivity index (χ4n) is 6.44. The highest BCUT2D eigenvalue weighted by Gasteiger charge is 2.55. The first kappa shape index (κ1) is 19.8. The maximum absolute atomic E-state index is 13.7. The van der Waals surface area contributed by atoms with Crippen molar-refractivity contribution in [3.05, 3.63) is 54.0 Å². The fraction of sp³-hybridized carbons (Fsp3) is 0.500. The van der Waals surface area contributed by atoms with Gasteiger partial charge in [-0.15, -0.1) is 5.10 Å². The Morgan fingerprint density at radius 1 is 1.03 bits per heavy atom. The lowest BCUT2D eigenvalue weighted by Gasteiger charge is -2.55. The van der Waals surface area contributed by atoms with Gasteiger partial charge >= 0.3 is 0 Å². The van der Waals surface area contributed by atoms with Crippen molar-refractivity contribution in [3.8, 4) is 11.4 Å². The number of rotatable bonds is 2. The molecule has 0 saturated heterocycles. The maximum atomic E-state index is 13.7. The summed E-state index contributed by atoms with van der Waals surface area (Å²) >= 11 is 0. The first-order valence-electron chi connectivity index (χ1n) is 12.1. The Labute approximate surface area is 188 Å². The van der Waals surface area contributed by atoms with Crippen molar-refractivity contribution in [2.45, 2.75) is 76.3 Å². The Morgan fingerprint density at radius 3 is 2.56 bits per heavy atom. The van der Waals surface area contributed by atoms with Gasteiger partial charge < -0.3 is 4.42 Å². The van der Waals surface area contributed by atoms with Gasteiger partial charge in [0.05, 0.1) is 11.8 Å². The van der Waals surface area contributed by atoms with E-state index in [1.807, 2.05) is 4.90 Å². The minimum Gasteiger partial charge on any atom is -0.459 e. The van der Waals surface area contributed by atoms with E-state index in [-0.39, 0.29) is 17.5 Å². The summed E-state index contributed by atoms with van der Waals surface area (Å²) in [6, 6.07) is 12.0. The van der Waals surface area contributed by atoms with Crippen LogP contribution in [-0.2, 0) is 5.54 Å². The second-order valence-corrected chi connectivity index (χ2v) is 9.79. The molecule has 0 N–H and O–H groups in total. The first-order chi connectivity index (χ1) is 15.7. The van der Waals surface area contributed by atoms with Crippen molar-refractivity contribution >= 4 is 11.9 Å². The molecule has 0 radical (unpaired) electrons. The minimum atomic E-state index is -0.0957. The molecule has 0 unspecified atom stereocenters. The topological polar surface area (TPSA) is 64.2 Å². The molecule has 1 aliphatic heterocycles. The number of anilines is 1. The zero-order valence-electron chi connectivity index (χ0n) is 18.7. The molecule has 6 rings (SSSR count). The second-order valence-electron chi connectivity index (χ2n) is 9.79. The molecule has 3 heterocycles. The zero-order chi connectivity index (χ0) is 21.7. The van der Waals surface area contributed by atoms with Crippen LogP contribution < -0.4 is 4.90 Å². The van der Waals surface area contributed by atoms with Crippen LogP contribution in [0.4, 0.5) is 5.95 Å². The quantitative estimate of drug-likeness (QED) is 0.521. The van der Waals surface area contributed by atoms with Crippen LogP contribution in [0.1, 0.15) is 73.9 Å². The molecular formula is C26H30N4O2. The van der Waals surface area contributed by atoms with Gasteiger partial charge in [-0.3, -0.25) is 9.69 Å². The summed E-state index contributed by atoms with van der Waals surface area (Å²) in [6.45, 7) is 2.08. The lowest BCUT2D eigenvalue weighted by molar-refractivity contribution is 0.0309. The van der Waals surface area contributed by atoms with Gasteiger partial charge in [0.1, 0.15) is 0 Å². The molecule has 3 aromatic rings. The molecule has 6 heteroatoms. The van der Waals surface area contributed by atoms with E-state index in [1.165, 1.54) is 31.2 Å². The molecule has 2 aromatic heterocycles. The standard InChI is InChI=1S/C26H30N4O2/c1-18-11-13-19(14-12-18)23-27-25-29(24(31)22-10-7-17-32-22)21-9-4-3-8-20(21)26(30(25)28-23)15-5-2-6-16-26/h7,10-14,17,20-21H,2-6,8-9,15-16H2,1H3/t20-,21+/m1/s1. The summed E-state index contributed by atoms with van der Waals surface area (Å²) in [5.74, 6) is 2.10. The average Bonchev–Trinajstić information content (AvgIpc) is 3.52. The number of carbonyl (C=O) groups excluding carboxylic acids is 1. The Morgan fingerprint density at radius 2 is 1.81 bits per heavy atom. The number of benzene rings is 1. The number of furan rings is 1. The maximum Gasteiger partial charge on any atom is 0.296 e. The Kier molecular flexibility index (Phi) is 4.70. The molecule has 32 heavy (non-hydrogen) atoms. The number of amides is 1. The predicted molar refractivity (Wildman–Crippen MR) is 123 cm³/mol. The Balaban J connectivity index is 1.54. The summed E-state index contributed by atoms with van der Waals surface area (Å²) in [7, 11) is 0. The normalized spacial score (nSPS) is 24.2. The van der Waals surface area contributed by atoms with Crippen LogP contribution in [0.5, 0.6) is 0 Å². The molecular weight excluding hydrogens is 400 g/mol. The van der Waals surface area contributed by atoms with Crippen molar-refractivity contribution in [1.29, 1.82) is 0 Å². The summed E-state index contributed by atoms with van der Waals surface area (Å²) in [5.41, 5.74) is 2.17. The first-order valence-corrected chi connectivity index (χ1v) is 12.1. The Hall–Kier alpha value is -2.89. The summed E-state index contributed by atoms with van der Waals surface area (Å²) in [4.78, 5) is 20.6. The summed E-state index contributed by atoms with van der Waals surface area (Å²) < 4.78 is 7.70. The molecule has 0 bridgehead atoms. The van der Waals surface area contributed by atoms with Crippen LogP contribution in [0.2, 0.25) is 0 Å². The minimum absolute atomic E-state index is 0.0332. The molecule has 1 aromatic carbocycles. The van der Waals surface area contributed by atoms with Gasteiger partial charge in [-0.05, 0) is 44.7 Å². The van der Waals surface area contributed by atoms with E-state index < -0.39 is 0 Å². The third kappa shape index (κ3) is 2.95. The van der Waals surface area contributed by atoms with Crippen molar-refractivity contribution in [2.24, 2.45) is 5.92 Å². The molecule has 2 atom stereocenters. The van der Waals surface area contributed by atoms with E-state index in [0.717, 1.165) is 37.7 Å². The van der Waals surface area contributed by atoms with Gasteiger partial charge in [0, 0.05) is 17.5 Å². The van der Waals surface area contributed by atoms with Crippen molar-refractivity contribution in [1.82, 2.24) is 14.8 Å². The van der Waals surface area contributed by atoms with Crippen molar-refractivity contribution < 1.29 is 9.21 Å². The van der Waals surface area contributed by atoms with Crippen molar-refractivity contribution in [3.63, 3.8) is 0 Å². The highest BCUT2D eigenvalue weighted by atomic mass is 16.3. The molecule has 1 spiro atoms. The Bertz CT molecular complexity index is 1110. The van der Waals surface area contributed by atoms with Crippen LogP contribution in [0, 0.1) is 12.8 Å². The van der Waals surface area contributed by atoms with E-state index in [4.69, 9.17) is 14.5 Å². The number of aromatic nitrogens is 3. The third-order valence-corrected chi connectivity index (χ3v) is 7.96. The fourth-order valence-corrected chi connectivity index (χ4v) is 6.44. The van der Waals surface area contributed by atoms with E-state index in [0.29, 0.717) is 23.5 Å². The van der Waals surface area contributed by atoms with Gasteiger partial charge in [0.15, 0.2) is 11.6 Å². The monoisotopic (exact) mass is 430 g/mol. The van der Waals surface area contributed by atoms with E-state index in [9.17, 15) is 4.79 Å². The van der Waals surface area contributed by atoms with Crippen LogP contribution in [0.15, 0.2) is 47.1 Å².